The Hall–Kier alpha value is -2.91. The van der Waals surface area contributed by atoms with Crippen molar-refractivity contribution in [1.29, 1.82) is 0 Å². The Kier molecular flexibility index (Phi) is 6.84. The number of thioether (sulfide) groups is 1. The summed E-state index contributed by atoms with van der Waals surface area (Å²) < 4.78 is 15.8. The highest BCUT2D eigenvalue weighted by atomic mass is 32.2. The van der Waals surface area contributed by atoms with Crippen LogP contribution in [0.5, 0.6) is 5.75 Å². The number of esters is 1. The van der Waals surface area contributed by atoms with Gasteiger partial charge in [0.2, 0.25) is 0 Å². The molecule has 0 amide bonds. The van der Waals surface area contributed by atoms with Gasteiger partial charge < -0.3 is 14.2 Å². The van der Waals surface area contributed by atoms with E-state index in [0.717, 1.165) is 4.90 Å². The van der Waals surface area contributed by atoms with Crippen LogP contribution in [0.4, 0.5) is 5.69 Å². The molecule has 9 heteroatoms. The van der Waals surface area contributed by atoms with Gasteiger partial charge in [-0.25, -0.2) is 0 Å². The van der Waals surface area contributed by atoms with Crippen molar-refractivity contribution < 1.29 is 28.7 Å². The lowest BCUT2D eigenvalue weighted by molar-refractivity contribution is -0.385. The molecule has 0 saturated heterocycles. The Labute approximate surface area is 171 Å². The lowest BCUT2D eigenvalue weighted by atomic mass is 10.1. The molecular formula is C20H19NO7S. The second kappa shape index (κ2) is 9.53. The first-order valence-electron chi connectivity index (χ1n) is 8.81. The maximum absolute atomic E-state index is 12.2. The van der Waals surface area contributed by atoms with E-state index in [4.69, 9.17) is 14.2 Å². The second-order valence-electron chi connectivity index (χ2n) is 6.27. The molecule has 0 unspecified atom stereocenters. The number of Topliss-reactive ketones (excluding diaryl/α,β-unsaturated/α-hetero) is 1. The molecule has 2 aromatic rings. The molecular weight excluding hydrogens is 398 g/mol. The quantitative estimate of drug-likeness (QED) is 0.209. The number of rotatable bonds is 8. The fourth-order valence-corrected chi connectivity index (χ4v) is 3.27. The summed E-state index contributed by atoms with van der Waals surface area (Å²) in [6.07, 6.45) is 1.89. The van der Waals surface area contributed by atoms with Gasteiger partial charge >= 0.3 is 5.97 Å². The molecule has 0 radical (unpaired) electrons. The number of carbonyl (C=O) groups is 2. The standard InChI is InChI=1S/C20H19NO7S/c1-29-17-4-2-13(3-5-17)18(22)6-7-19(23)27-11-15-9-16(21(24)25)8-14-10-26-12-28-20(14)15/h2-5,8-9H,6-7,10-12H2,1H3. The molecule has 0 N–H and O–H groups in total. The molecule has 29 heavy (non-hydrogen) atoms. The molecule has 152 valence electrons. The van der Waals surface area contributed by atoms with Crippen molar-refractivity contribution in [3.63, 3.8) is 0 Å². The van der Waals surface area contributed by atoms with Crippen LogP contribution in [-0.4, -0.2) is 29.7 Å². The first-order chi connectivity index (χ1) is 14.0. The van der Waals surface area contributed by atoms with Crippen LogP contribution in [0.25, 0.3) is 0 Å². The molecule has 0 atom stereocenters. The van der Waals surface area contributed by atoms with Gasteiger partial charge in [-0.05, 0) is 18.4 Å². The highest BCUT2D eigenvalue weighted by Gasteiger charge is 2.22. The van der Waals surface area contributed by atoms with Crippen LogP contribution in [0.1, 0.15) is 34.3 Å². The van der Waals surface area contributed by atoms with Gasteiger partial charge in [0.25, 0.3) is 5.69 Å². The number of fused-ring (bicyclic) bond motifs is 1. The van der Waals surface area contributed by atoms with Crippen LogP contribution in [-0.2, 0) is 27.5 Å². The van der Waals surface area contributed by atoms with Crippen LogP contribution in [0.3, 0.4) is 0 Å². The van der Waals surface area contributed by atoms with Crippen molar-refractivity contribution in [2.24, 2.45) is 0 Å². The lowest BCUT2D eigenvalue weighted by Gasteiger charge is -2.20. The molecule has 0 bridgehead atoms. The SMILES string of the molecule is CSc1ccc(C(=O)CCC(=O)OCc2cc([N+](=O)[O-])cc3c2OCOC3)cc1. The summed E-state index contributed by atoms with van der Waals surface area (Å²) in [5.74, 6) is -0.283. The Morgan fingerprint density at radius 1 is 1.21 bits per heavy atom. The van der Waals surface area contributed by atoms with Crippen molar-refractivity contribution in [1.82, 2.24) is 0 Å². The van der Waals surface area contributed by atoms with E-state index in [9.17, 15) is 19.7 Å². The van der Waals surface area contributed by atoms with Crippen molar-refractivity contribution in [3.8, 4) is 5.75 Å². The van der Waals surface area contributed by atoms with Crippen molar-refractivity contribution in [2.75, 3.05) is 13.0 Å². The van der Waals surface area contributed by atoms with Gasteiger partial charge in [-0.1, -0.05) is 12.1 Å². The van der Waals surface area contributed by atoms with Crippen LogP contribution in [0, 0.1) is 10.1 Å². The molecule has 0 fully saturated rings. The number of non-ortho nitro benzene ring substituents is 1. The molecule has 0 saturated carbocycles. The lowest BCUT2D eigenvalue weighted by Crippen LogP contribution is -2.15. The van der Waals surface area contributed by atoms with E-state index in [1.807, 2.05) is 18.4 Å². The van der Waals surface area contributed by atoms with E-state index in [2.05, 4.69) is 0 Å². The second-order valence-corrected chi connectivity index (χ2v) is 7.15. The van der Waals surface area contributed by atoms with Crippen molar-refractivity contribution in [3.05, 3.63) is 63.2 Å². The van der Waals surface area contributed by atoms with E-state index in [1.54, 1.807) is 23.9 Å². The van der Waals surface area contributed by atoms with E-state index >= 15 is 0 Å². The Morgan fingerprint density at radius 3 is 2.66 bits per heavy atom. The summed E-state index contributed by atoms with van der Waals surface area (Å²) in [4.78, 5) is 35.9. The maximum atomic E-state index is 12.2. The fraction of sp³-hybridized carbons (Fsp3) is 0.300. The van der Waals surface area contributed by atoms with Crippen molar-refractivity contribution in [2.45, 2.75) is 31.0 Å². The summed E-state index contributed by atoms with van der Waals surface area (Å²) in [6.45, 7) is 0.0246. The smallest absolute Gasteiger partial charge is 0.306 e. The third kappa shape index (κ3) is 5.33. The predicted octanol–water partition coefficient (Wildman–Crippen LogP) is 3.89. The van der Waals surface area contributed by atoms with Gasteiger partial charge in [-0.15, -0.1) is 11.8 Å². The Balaban J connectivity index is 1.58. The van der Waals surface area contributed by atoms with E-state index < -0.39 is 10.9 Å². The normalized spacial score (nSPS) is 12.6. The van der Waals surface area contributed by atoms with Crippen LogP contribution in [0.15, 0.2) is 41.3 Å². The van der Waals surface area contributed by atoms with Crippen LogP contribution >= 0.6 is 11.8 Å². The summed E-state index contributed by atoms with van der Waals surface area (Å²) in [5, 5.41) is 11.1. The van der Waals surface area contributed by atoms with E-state index in [0.29, 0.717) is 22.4 Å². The fourth-order valence-electron chi connectivity index (χ4n) is 2.86. The van der Waals surface area contributed by atoms with Gasteiger partial charge in [-0.2, -0.15) is 0 Å². The van der Waals surface area contributed by atoms with Crippen LogP contribution < -0.4 is 4.74 Å². The average Bonchev–Trinajstić information content (AvgIpc) is 2.75. The van der Waals surface area contributed by atoms with E-state index in [1.165, 1.54) is 12.1 Å². The van der Waals surface area contributed by atoms with Gasteiger partial charge in [0.15, 0.2) is 12.6 Å². The molecule has 3 rings (SSSR count). The first kappa shape index (κ1) is 20.8. The van der Waals surface area contributed by atoms with Gasteiger partial charge in [-0.3, -0.25) is 19.7 Å². The Morgan fingerprint density at radius 2 is 1.97 bits per heavy atom. The molecule has 0 spiro atoms. The highest BCUT2D eigenvalue weighted by Crippen LogP contribution is 2.33. The summed E-state index contributed by atoms with van der Waals surface area (Å²) in [5.41, 5.74) is 1.33. The number of nitro groups is 1. The minimum atomic E-state index is -0.564. The molecule has 1 aliphatic rings. The number of hydrogen-bond donors (Lipinski definition) is 0. The summed E-state index contributed by atoms with van der Waals surface area (Å²) in [6, 6.07) is 9.86. The summed E-state index contributed by atoms with van der Waals surface area (Å²) in [7, 11) is 0. The summed E-state index contributed by atoms with van der Waals surface area (Å²) >= 11 is 1.58. The largest absolute Gasteiger partial charge is 0.467 e. The molecule has 8 nitrogen and oxygen atoms in total. The molecule has 1 heterocycles. The number of nitro benzene ring substituents is 1. The monoisotopic (exact) mass is 417 g/mol. The van der Waals surface area contributed by atoms with E-state index in [-0.39, 0.29) is 44.3 Å². The van der Waals surface area contributed by atoms with Gasteiger partial charge in [0.05, 0.1) is 18.0 Å². The number of ether oxygens (including phenoxy) is 3. The zero-order valence-corrected chi connectivity index (χ0v) is 16.5. The highest BCUT2D eigenvalue weighted by molar-refractivity contribution is 7.98. The minimum absolute atomic E-state index is 0.0227. The Bertz CT molecular complexity index is 927. The third-order valence-corrected chi connectivity index (χ3v) is 5.08. The maximum Gasteiger partial charge on any atom is 0.306 e. The molecule has 2 aromatic carbocycles. The number of hydrogen-bond acceptors (Lipinski definition) is 8. The third-order valence-electron chi connectivity index (χ3n) is 4.34. The van der Waals surface area contributed by atoms with Gasteiger partial charge in [0, 0.05) is 40.1 Å². The zero-order valence-electron chi connectivity index (χ0n) is 15.7. The number of carbonyl (C=O) groups excluding carboxylic acids is 2. The minimum Gasteiger partial charge on any atom is -0.467 e. The molecule has 0 aliphatic carbocycles. The predicted molar refractivity (Wildman–Crippen MR) is 105 cm³/mol. The van der Waals surface area contributed by atoms with Crippen molar-refractivity contribution >= 4 is 29.2 Å². The van der Waals surface area contributed by atoms with Crippen LogP contribution in [0.2, 0.25) is 0 Å². The number of benzene rings is 2. The topological polar surface area (TPSA) is 105 Å². The molecule has 0 aromatic heterocycles. The molecule has 1 aliphatic heterocycles. The number of nitrogens with zero attached hydrogens (tertiary/aromatic N) is 1. The zero-order chi connectivity index (χ0) is 20.8. The first-order valence-corrected chi connectivity index (χ1v) is 10.0. The number of ketones is 1. The average molecular weight is 417 g/mol. The van der Waals surface area contributed by atoms with Gasteiger partial charge in [0.1, 0.15) is 12.4 Å².